The molecule has 0 bridgehead atoms. The van der Waals surface area contributed by atoms with Gasteiger partial charge in [0.25, 0.3) is 0 Å². The van der Waals surface area contributed by atoms with Crippen LogP contribution in [-0.2, 0) is 9.53 Å². The van der Waals surface area contributed by atoms with E-state index in [1.165, 1.54) is 12.1 Å². The fourth-order valence-corrected chi connectivity index (χ4v) is 4.58. The monoisotopic (exact) mass is 425 g/mol. The quantitative estimate of drug-likeness (QED) is 0.785. The summed E-state index contributed by atoms with van der Waals surface area (Å²) >= 11 is 0. The smallest absolute Gasteiger partial charge is 0.319 e. The molecule has 0 aromatic heterocycles. The highest BCUT2D eigenvalue weighted by Crippen LogP contribution is 2.41. The minimum Gasteiger partial charge on any atom is -0.378 e. The van der Waals surface area contributed by atoms with Crippen molar-refractivity contribution in [3.05, 3.63) is 65.5 Å². The van der Waals surface area contributed by atoms with E-state index in [0.717, 1.165) is 16.8 Å². The second kappa shape index (κ2) is 9.47. The van der Waals surface area contributed by atoms with Gasteiger partial charge in [0, 0.05) is 30.7 Å². The molecule has 1 aliphatic carbocycles. The number of nitrogens with one attached hydrogen (secondary N) is 2. The molecule has 2 fully saturated rings. The maximum Gasteiger partial charge on any atom is 0.319 e. The van der Waals surface area contributed by atoms with Gasteiger partial charge in [0.2, 0.25) is 5.91 Å². The molecule has 31 heavy (non-hydrogen) atoms. The molecule has 2 aromatic rings. The standard InChI is InChI=1S/C24H28FN3O3/c1-16-4-2-3-5-22(16)27-24(30)26-19-14-20(17-6-8-18(25)9-7-17)21(15-19)23(29)28-10-12-31-13-11-28/h2-9,19-21H,10-15H2,1H3,(H2,26,27,30)/t19-,20+,21-/m0/s1. The fraction of sp³-hybridized carbons (Fsp3) is 0.417. The number of hydrogen-bond acceptors (Lipinski definition) is 3. The fourth-order valence-electron chi connectivity index (χ4n) is 4.58. The molecule has 3 atom stereocenters. The van der Waals surface area contributed by atoms with Gasteiger partial charge in [-0.2, -0.15) is 0 Å². The van der Waals surface area contributed by atoms with Crippen molar-refractivity contribution in [3.8, 4) is 0 Å². The number of hydrogen-bond donors (Lipinski definition) is 2. The third-order valence-electron chi connectivity index (χ3n) is 6.23. The minimum atomic E-state index is -0.301. The highest BCUT2D eigenvalue weighted by atomic mass is 19.1. The second-order valence-corrected chi connectivity index (χ2v) is 8.28. The molecule has 1 heterocycles. The molecule has 1 saturated carbocycles. The number of aryl methyl sites for hydroxylation is 1. The van der Waals surface area contributed by atoms with Crippen molar-refractivity contribution >= 4 is 17.6 Å². The van der Waals surface area contributed by atoms with Crippen LogP contribution in [0, 0.1) is 18.7 Å². The van der Waals surface area contributed by atoms with E-state index in [9.17, 15) is 14.0 Å². The van der Waals surface area contributed by atoms with E-state index in [4.69, 9.17) is 4.74 Å². The number of anilines is 1. The van der Waals surface area contributed by atoms with Gasteiger partial charge in [0.15, 0.2) is 0 Å². The van der Waals surface area contributed by atoms with Crippen LogP contribution in [0.2, 0.25) is 0 Å². The zero-order chi connectivity index (χ0) is 21.8. The van der Waals surface area contributed by atoms with Crippen LogP contribution in [0.1, 0.15) is 29.9 Å². The highest BCUT2D eigenvalue weighted by molar-refractivity contribution is 5.90. The summed E-state index contributed by atoms with van der Waals surface area (Å²) in [4.78, 5) is 27.7. The maximum absolute atomic E-state index is 13.5. The molecule has 164 valence electrons. The lowest BCUT2D eigenvalue weighted by atomic mass is 9.88. The Kier molecular flexibility index (Phi) is 6.51. The summed E-state index contributed by atoms with van der Waals surface area (Å²) in [6.45, 7) is 4.18. The average molecular weight is 426 g/mol. The first kappa shape index (κ1) is 21.3. The Morgan fingerprint density at radius 2 is 1.74 bits per heavy atom. The SMILES string of the molecule is Cc1ccccc1NC(=O)N[C@@H]1C[C@H](C(=O)N2CCOCC2)[C@@H](c2ccc(F)cc2)C1. The number of morpholine rings is 1. The van der Waals surface area contributed by atoms with E-state index < -0.39 is 0 Å². The number of urea groups is 1. The summed E-state index contributed by atoms with van der Waals surface area (Å²) in [5.41, 5.74) is 2.67. The number of rotatable bonds is 4. The van der Waals surface area contributed by atoms with Crippen LogP contribution in [0.25, 0.3) is 0 Å². The van der Waals surface area contributed by atoms with Gasteiger partial charge >= 0.3 is 6.03 Å². The van der Waals surface area contributed by atoms with Crippen molar-refractivity contribution in [2.45, 2.75) is 31.7 Å². The molecule has 0 unspecified atom stereocenters. The molecule has 3 amide bonds. The van der Waals surface area contributed by atoms with E-state index in [0.29, 0.717) is 39.1 Å². The molecule has 1 aliphatic heterocycles. The largest absolute Gasteiger partial charge is 0.378 e. The van der Waals surface area contributed by atoms with Crippen molar-refractivity contribution in [2.75, 3.05) is 31.6 Å². The second-order valence-electron chi connectivity index (χ2n) is 8.28. The molecular weight excluding hydrogens is 397 g/mol. The number of carbonyl (C=O) groups excluding carboxylic acids is 2. The molecule has 2 N–H and O–H groups in total. The van der Waals surface area contributed by atoms with E-state index in [1.807, 2.05) is 36.1 Å². The summed E-state index contributed by atoms with van der Waals surface area (Å²) < 4.78 is 18.8. The Hall–Kier alpha value is -2.93. The van der Waals surface area contributed by atoms with Crippen molar-refractivity contribution in [1.82, 2.24) is 10.2 Å². The Balaban J connectivity index is 1.48. The van der Waals surface area contributed by atoms with Gasteiger partial charge in [-0.1, -0.05) is 30.3 Å². The molecule has 2 aliphatic rings. The molecule has 4 rings (SSSR count). The van der Waals surface area contributed by atoms with Crippen molar-refractivity contribution in [2.24, 2.45) is 5.92 Å². The van der Waals surface area contributed by atoms with Gasteiger partial charge in [0.1, 0.15) is 5.82 Å². The Labute approximate surface area is 181 Å². The third-order valence-corrected chi connectivity index (χ3v) is 6.23. The molecule has 1 saturated heterocycles. The van der Waals surface area contributed by atoms with Crippen LogP contribution in [0.5, 0.6) is 0 Å². The highest BCUT2D eigenvalue weighted by Gasteiger charge is 2.42. The van der Waals surface area contributed by atoms with Gasteiger partial charge in [-0.25, -0.2) is 9.18 Å². The minimum absolute atomic E-state index is 0.0697. The molecule has 2 aromatic carbocycles. The summed E-state index contributed by atoms with van der Waals surface area (Å²) in [6, 6.07) is 13.5. The molecule has 7 heteroatoms. The summed E-state index contributed by atoms with van der Waals surface area (Å²) in [6.07, 6.45) is 1.19. The molecular formula is C24H28FN3O3. The summed E-state index contributed by atoms with van der Waals surface area (Å²) in [7, 11) is 0. The summed E-state index contributed by atoms with van der Waals surface area (Å²) in [5, 5.41) is 5.93. The van der Waals surface area contributed by atoms with Crippen molar-refractivity contribution in [1.29, 1.82) is 0 Å². The third kappa shape index (κ3) is 5.05. The van der Waals surface area contributed by atoms with E-state index >= 15 is 0 Å². The number of para-hydroxylation sites is 1. The predicted molar refractivity (Wildman–Crippen MR) is 116 cm³/mol. The van der Waals surface area contributed by atoms with E-state index in [1.54, 1.807) is 12.1 Å². The van der Waals surface area contributed by atoms with Gasteiger partial charge < -0.3 is 20.3 Å². The molecule has 6 nitrogen and oxygen atoms in total. The lowest BCUT2D eigenvalue weighted by Gasteiger charge is -2.31. The first-order chi connectivity index (χ1) is 15.0. The normalized spacial score (nSPS) is 23.4. The maximum atomic E-state index is 13.5. The zero-order valence-corrected chi connectivity index (χ0v) is 17.6. The number of ether oxygens (including phenoxy) is 1. The van der Waals surface area contributed by atoms with Gasteiger partial charge in [0.05, 0.1) is 13.2 Å². The average Bonchev–Trinajstić information content (AvgIpc) is 3.19. The van der Waals surface area contributed by atoms with Gasteiger partial charge in [-0.05, 0) is 55.0 Å². The number of nitrogens with zero attached hydrogens (tertiary/aromatic N) is 1. The van der Waals surface area contributed by atoms with Gasteiger partial charge in [-0.15, -0.1) is 0 Å². The van der Waals surface area contributed by atoms with Crippen LogP contribution in [0.4, 0.5) is 14.9 Å². The van der Waals surface area contributed by atoms with Crippen LogP contribution in [-0.4, -0.2) is 49.2 Å². The summed E-state index contributed by atoms with van der Waals surface area (Å²) in [5.74, 6) is -0.543. The lowest BCUT2D eigenvalue weighted by Crippen LogP contribution is -2.44. The Bertz CT molecular complexity index is 928. The van der Waals surface area contributed by atoms with E-state index in [-0.39, 0.29) is 35.6 Å². The Morgan fingerprint density at radius 3 is 2.45 bits per heavy atom. The molecule has 0 radical (unpaired) electrons. The lowest BCUT2D eigenvalue weighted by molar-refractivity contribution is -0.140. The van der Waals surface area contributed by atoms with Gasteiger partial charge in [-0.3, -0.25) is 4.79 Å². The first-order valence-electron chi connectivity index (χ1n) is 10.8. The number of carbonyl (C=O) groups is 2. The van der Waals surface area contributed by atoms with Crippen LogP contribution in [0.15, 0.2) is 48.5 Å². The van der Waals surface area contributed by atoms with Crippen LogP contribution < -0.4 is 10.6 Å². The molecule has 0 spiro atoms. The van der Waals surface area contributed by atoms with Crippen LogP contribution in [0.3, 0.4) is 0 Å². The number of benzene rings is 2. The van der Waals surface area contributed by atoms with Crippen molar-refractivity contribution in [3.63, 3.8) is 0 Å². The number of amides is 3. The van der Waals surface area contributed by atoms with Crippen LogP contribution >= 0.6 is 0 Å². The number of halogens is 1. The zero-order valence-electron chi connectivity index (χ0n) is 17.6. The van der Waals surface area contributed by atoms with Crippen molar-refractivity contribution < 1.29 is 18.7 Å². The first-order valence-corrected chi connectivity index (χ1v) is 10.8. The topological polar surface area (TPSA) is 70.7 Å². The Morgan fingerprint density at radius 1 is 1.03 bits per heavy atom. The van der Waals surface area contributed by atoms with E-state index in [2.05, 4.69) is 10.6 Å². The predicted octanol–water partition coefficient (Wildman–Crippen LogP) is 3.68.